The van der Waals surface area contributed by atoms with Crippen LogP contribution in [0.4, 0.5) is 0 Å². The molecular formula is C16H25ClN2. The summed E-state index contributed by atoms with van der Waals surface area (Å²) in [6.07, 6.45) is 5.12. The molecule has 2 rings (SSSR count). The van der Waals surface area contributed by atoms with Crippen LogP contribution in [0.5, 0.6) is 0 Å². The maximum Gasteiger partial charge on any atom is 0.0505 e. The van der Waals surface area contributed by atoms with Crippen LogP contribution in [0, 0.1) is 6.92 Å². The van der Waals surface area contributed by atoms with Crippen molar-refractivity contribution in [3.05, 3.63) is 34.3 Å². The molecule has 1 aliphatic carbocycles. The third-order valence-electron chi connectivity index (χ3n) is 4.72. The van der Waals surface area contributed by atoms with Crippen molar-refractivity contribution in [1.29, 1.82) is 0 Å². The molecule has 0 spiro atoms. The van der Waals surface area contributed by atoms with E-state index in [1.165, 1.54) is 31.2 Å². The molecule has 0 aromatic heterocycles. The van der Waals surface area contributed by atoms with Crippen LogP contribution in [-0.4, -0.2) is 31.6 Å². The first kappa shape index (κ1) is 14.8. The van der Waals surface area contributed by atoms with Gasteiger partial charge in [0.25, 0.3) is 0 Å². The summed E-state index contributed by atoms with van der Waals surface area (Å²) in [6.45, 7) is 2.05. The molecule has 1 atom stereocenters. The van der Waals surface area contributed by atoms with Crippen LogP contribution < -0.4 is 5.32 Å². The van der Waals surface area contributed by atoms with Crippen LogP contribution >= 0.6 is 11.6 Å². The highest BCUT2D eigenvalue weighted by atomic mass is 35.5. The third kappa shape index (κ3) is 2.67. The molecule has 19 heavy (non-hydrogen) atoms. The summed E-state index contributed by atoms with van der Waals surface area (Å²) in [6, 6.07) is 6.80. The standard InChI is InChI=1S/C16H25ClN2/c1-12-7-8-13(11-14(12)17)15(18-2)16(19(3)4)9-5-6-10-16/h7-8,11,15,18H,5-6,9-10H2,1-4H3. The quantitative estimate of drug-likeness (QED) is 0.903. The van der Waals surface area contributed by atoms with Crippen molar-refractivity contribution in [2.24, 2.45) is 0 Å². The first-order chi connectivity index (χ1) is 9.01. The fourth-order valence-corrected chi connectivity index (χ4v) is 3.70. The molecule has 1 unspecified atom stereocenters. The van der Waals surface area contributed by atoms with E-state index in [-0.39, 0.29) is 5.54 Å². The maximum absolute atomic E-state index is 6.31. The summed E-state index contributed by atoms with van der Waals surface area (Å²) in [7, 11) is 6.46. The van der Waals surface area contributed by atoms with Crippen LogP contribution in [0.1, 0.15) is 42.9 Å². The first-order valence-electron chi connectivity index (χ1n) is 7.12. The van der Waals surface area contributed by atoms with Gasteiger partial charge < -0.3 is 10.2 Å². The van der Waals surface area contributed by atoms with Crippen LogP contribution in [0.2, 0.25) is 5.02 Å². The fourth-order valence-electron chi connectivity index (χ4n) is 3.52. The van der Waals surface area contributed by atoms with E-state index in [0.29, 0.717) is 6.04 Å². The van der Waals surface area contributed by atoms with Crippen molar-refractivity contribution in [3.63, 3.8) is 0 Å². The highest BCUT2D eigenvalue weighted by molar-refractivity contribution is 6.31. The number of benzene rings is 1. The number of likely N-dealkylation sites (N-methyl/N-ethyl adjacent to an activating group) is 2. The maximum atomic E-state index is 6.31. The van der Waals surface area contributed by atoms with Gasteiger partial charge in [0.15, 0.2) is 0 Å². The van der Waals surface area contributed by atoms with E-state index in [2.05, 4.69) is 56.5 Å². The van der Waals surface area contributed by atoms with Gasteiger partial charge in [-0.15, -0.1) is 0 Å². The van der Waals surface area contributed by atoms with Crippen molar-refractivity contribution in [3.8, 4) is 0 Å². The number of halogens is 1. The first-order valence-corrected chi connectivity index (χ1v) is 7.50. The molecule has 0 amide bonds. The molecule has 0 saturated heterocycles. The molecule has 1 fully saturated rings. The topological polar surface area (TPSA) is 15.3 Å². The van der Waals surface area contributed by atoms with Gasteiger partial charge in [-0.05, 0) is 58.1 Å². The predicted octanol–water partition coefficient (Wildman–Crippen LogP) is 3.78. The van der Waals surface area contributed by atoms with E-state index in [1.54, 1.807) is 0 Å². The minimum absolute atomic E-state index is 0.216. The van der Waals surface area contributed by atoms with Gasteiger partial charge in [0, 0.05) is 10.6 Å². The van der Waals surface area contributed by atoms with Crippen molar-refractivity contribution in [2.45, 2.75) is 44.2 Å². The monoisotopic (exact) mass is 280 g/mol. The van der Waals surface area contributed by atoms with Gasteiger partial charge >= 0.3 is 0 Å². The van der Waals surface area contributed by atoms with Crippen LogP contribution in [0.3, 0.4) is 0 Å². The molecule has 1 saturated carbocycles. The van der Waals surface area contributed by atoms with Crippen molar-refractivity contribution >= 4 is 11.6 Å². The van der Waals surface area contributed by atoms with E-state index >= 15 is 0 Å². The highest BCUT2D eigenvalue weighted by Gasteiger charge is 2.43. The lowest BCUT2D eigenvalue weighted by atomic mass is 9.82. The van der Waals surface area contributed by atoms with Gasteiger partial charge in [-0.25, -0.2) is 0 Å². The van der Waals surface area contributed by atoms with Gasteiger partial charge in [-0.2, -0.15) is 0 Å². The van der Waals surface area contributed by atoms with Crippen molar-refractivity contribution in [1.82, 2.24) is 10.2 Å². The summed E-state index contributed by atoms with van der Waals surface area (Å²) >= 11 is 6.31. The predicted molar refractivity (Wildman–Crippen MR) is 82.9 cm³/mol. The Labute approximate surface area is 122 Å². The molecule has 106 valence electrons. The fraction of sp³-hybridized carbons (Fsp3) is 0.625. The largest absolute Gasteiger partial charge is 0.311 e. The minimum Gasteiger partial charge on any atom is -0.311 e. The summed E-state index contributed by atoms with van der Waals surface area (Å²) in [5.74, 6) is 0. The molecule has 0 bridgehead atoms. The molecule has 0 radical (unpaired) electrons. The lowest BCUT2D eigenvalue weighted by molar-refractivity contribution is 0.108. The van der Waals surface area contributed by atoms with Gasteiger partial charge in [0.05, 0.1) is 6.04 Å². The Hall–Kier alpha value is -0.570. The van der Waals surface area contributed by atoms with Crippen LogP contribution in [-0.2, 0) is 0 Å². The second-order valence-electron chi connectivity index (χ2n) is 5.94. The van der Waals surface area contributed by atoms with Gasteiger partial charge in [0.2, 0.25) is 0 Å². The van der Waals surface area contributed by atoms with Crippen molar-refractivity contribution < 1.29 is 0 Å². The lowest BCUT2D eigenvalue weighted by Gasteiger charge is -2.43. The number of aryl methyl sites for hydroxylation is 1. The third-order valence-corrected chi connectivity index (χ3v) is 5.12. The Balaban J connectivity index is 2.40. The number of nitrogens with one attached hydrogen (secondary N) is 1. The summed E-state index contributed by atoms with van der Waals surface area (Å²) in [5.41, 5.74) is 2.66. The molecule has 2 nitrogen and oxygen atoms in total. The number of hydrogen-bond donors (Lipinski definition) is 1. The van der Waals surface area contributed by atoms with E-state index in [9.17, 15) is 0 Å². The molecule has 1 N–H and O–H groups in total. The Bertz CT molecular complexity index is 436. The zero-order valence-corrected chi connectivity index (χ0v) is 13.2. The molecule has 0 heterocycles. The van der Waals surface area contributed by atoms with Gasteiger partial charge in [-0.3, -0.25) is 0 Å². The average Bonchev–Trinajstić information content (AvgIpc) is 2.85. The second kappa shape index (κ2) is 5.82. The Kier molecular flexibility index (Phi) is 4.54. The molecule has 1 aromatic carbocycles. The number of rotatable bonds is 4. The normalized spacial score (nSPS) is 19.9. The average molecular weight is 281 g/mol. The number of hydrogen-bond acceptors (Lipinski definition) is 2. The summed E-state index contributed by atoms with van der Waals surface area (Å²) in [4.78, 5) is 2.40. The van der Waals surface area contributed by atoms with Crippen LogP contribution in [0.15, 0.2) is 18.2 Å². The Morgan fingerprint density at radius 3 is 2.37 bits per heavy atom. The minimum atomic E-state index is 0.216. The summed E-state index contributed by atoms with van der Waals surface area (Å²) in [5, 5.41) is 4.39. The molecule has 1 aromatic rings. The molecule has 1 aliphatic rings. The molecular weight excluding hydrogens is 256 g/mol. The highest BCUT2D eigenvalue weighted by Crippen LogP contribution is 2.43. The van der Waals surface area contributed by atoms with Gasteiger partial charge in [0.1, 0.15) is 0 Å². The van der Waals surface area contributed by atoms with Gasteiger partial charge in [-0.1, -0.05) is 36.6 Å². The van der Waals surface area contributed by atoms with Crippen LogP contribution in [0.25, 0.3) is 0 Å². The van der Waals surface area contributed by atoms with E-state index in [0.717, 1.165) is 10.6 Å². The molecule has 0 aliphatic heterocycles. The van der Waals surface area contributed by atoms with Crippen molar-refractivity contribution in [2.75, 3.05) is 21.1 Å². The lowest BCUT2D eigenvalue weighted by Crippen LogP contribution is -2.51. The Morgan fingerprint density at radius 2 is 1.89 bits per heavy atom. The SMILES string of the molecule is CNC(c1ccc(C)c(Cl)c1)C1(N(C)C)CCCC1. The number of nitrogens with zero attached hydrogens (tertiary/aromatic N) is 1. The van der Waals surface area contributed by atoms with E-state index in [4.69, 9.17) is 11.6 Å². The second-order valence-corrected chi connectivity index (χ2v) is 6.34. The zero-order valence-electron chi connectivity index (χ0n) is 12.5. The molecule has 3 heteroatoms. The van der Waals surface area contributed by atoms with E-state index in [1.807, 2.05) is 0 Å². The van der Waals surface area contributed by atoms with E-state index < -0.39 is 0 Å². The zero-order chi connectivity index (χ0) is 14.0. The Morgan fingerprint density at radius 1 is 1.26 bits per heavy atom. The smallest absolute Gasteiger partial charge is 0.0505 e. The summed E-state index contributed by atoms with van der Waals surface area (Å²) < 4.78 is 0.